The molecule has 2 amide bonds. The second-order valence-corrected chi connectivity index (χ2v) is 14.9. The number of anilines is 1. The highest BCUT2D eigenvalue weighted by Crippen LogP contribution is 2.69. The summed E-state index contributed by atoms with van der Waals surface area (Å²) in [6.45, 7) is 0.202. The van der Waals surface area contributed by atoms with Gasteiger partial charge in [0.05, 0.1) is 27.5 Å². The first kappa shape index (κ1) is 28.8. The molecule has 2 saturated carbocycles. The van der Waals surface area contributed by atoms with Crippen molar-refractivity contribution < 1.29 is 19.2 Å². The minimum atomic E-state index is -0.517. The molecule has 2 bridgehead atoms. The number of nitro benzene ring substituents is 1. The first-order chi connectivity index (χ1) is 21.7. The maximum Gasteiger partial charge on any atom is 0.305 e. The third-order valence-electron chi connectivity index (χ3n) is 9.66. The van der Waals surface area contributed by atoms with Crippen LogP contribution in [0.5, 0.6) is 5.75 Å². The molecule has 3 heterocycles. The normalized spacial score (nSPS) is 27.8. The molecule has 4 aromatic rings. The quantitative estimate of drug-likeness (QED) is 0.133. The monoisotopic (exact) mass is 679 g/mol. The van der Waals surface area contributed by atoms with Gasteiger partial charge in [0.1, 0.15) is 12.4 Å². The molecular formula is C32H23Cl2N3O6S2. The molecule has 7 atom stereocenters. The highest BCUT2D eigenvalue weighted by Gasteiger charge is 2.70. The van der Waals surface area contributed by atoms with Crippen LogP contribution in [0.1, 0.15) is 28.3 Å². The fourth-order valence-corrected chi connectivity index (χ4v) is 11.1. The van der Waals surface area contributed by atoms with Gasteiger partial charge in [0.25, 0.3) is 5.69 Å². The molecule has 3 aromatic carbocycles. The number of nitrogens with zero attached hydrogens (tertiary/aromatic N) is 2. The largest absolute Gasteiger partial charge is 0.489 e. The summed E-state index contributed by atoms with van der Waals surface area (Å²) in [6, 6.07) is 18.5. The molecule has 2 aliphatic heterocycles. The van der Waals surface area contributed by atoms with Crippen LogP contribution in [0.3, 0.4) is 0 Å². The molecule has 228 valence electrons. The third-order valence-corrected chi connectivity index (χ3v) is 12.7. The van der Waals surface area contributed by atoms with Crippen molar-refractivity contribution in [1.82, 2.24) is 4.98 Å². The lowest BCUT2D eigenvalue weighted by Crippen LogP contribution is -2.42. The van der Waals surface area contributed by atoms with Gasteiger partial charge >= 0.3 is 4.87 Å². The van der Waals surface area contributed by atoms with Crippen molar-refractivity contribution in [3.05, 3.63) is 113 Å². The van der Waals surface area contributed by atoms with E-state index in [2.05, 4.69) is 4.98 Å². The summed E-state index contributed by atoms with van der Waals surface area (Å²) in [5.41, 5.74) is 1.87. The van der Waals surface area contributed by atoms with E-state index in [1.165, 1.54) is 17.0 Å². The third kappa shape index (κ3) is 4.54. The van der Waals surface area contributed by atoms with Crippen LogP contribution in [0.4, 0.5) is 11.4 Å². The number of non-ortho nitro benzene ring substituents is 1. The van der Waals surface area contributed by atoms with Crippen molar-refractivity contribution in [3.63, 3.8) is 0 Å². The molecule has 4 aliphatic rings. The van der Waals surface area contributed by atoms with Crippen molar-refractivity contribution in [2.45, 2.75) is 29.2 Å². The lowest BCUT2D eigenvalue weighted by atomic mass is 9.68. The number of rotatable bonds is 6. The molecule has 0 radical (unpaired) electrons. The summed E-state index contributed by atoms with van der Waals surface area (Å²) in [7, 11) is 0. The molecule has 1 aromatic heterocycles. The van der Waals surface area contributed by atoms with Gasteiger partial charge < -0.3 is 9.72 Å². The first-order valence-corrected chi connectivity index (χ1v) is 16.8. The minimum Gasteiger partial charge on any atom is -0.489 e. The molecule has 2 aliphatic carbocycles. The Balaban J connectivity index is 1.22. The number of aromatic amines is 1. The Labute approximate surface area is 274 Å². The SMILES string of the molecule is O=C1C2C3CC(C2C(=O)N1c1ccc(Cl)cc1)C1C3Sc2[nH]c(=O)sc2[C@@H]1c1cc([N+](=O)[O-])ccc1OCc1ccc(Cl)cc1. The molecule has 1 saturated heterocycles. The van der Waals surface area contributed by atoms with Crippen molar-refractivity contribution in [3.8, 4) is 5.75 Å². The van der Waals surface area contributed by atoms with E-state index < -0.39 is 22.7 Å². The van der Waals surface area contributed by atoms with Gasteiger partial charge in [-0.15, -0.1) is 11.8 Å². The summed E-state index contributed by atoms with van der Waals surface area (Å²) < 4.78 is 6.31. The van der Waals surface area contributed by atoms with Crippen molar-refractivity contribution >= 4 is 69.5 Å². The van der Waals surface area contributed by atoms with Crippen LogP contribution >= 0.6 is 46.3 Å². The van der Waals surface area contributed by atoms with Crippen molar-refractivity contribution in [1.29, 1.82) is 0 Å². The highest BCUT2D eigenvalue weighted by molar-refractivity contribution is 8.00. The number of thiazole rings is 1. The summed E-state index contributed by atoms with van der Waals surface area (Å²) in [6.07, 6.45) is 0.690. The number of H-pyrrole nitrogens is 1. The second kappa shape index (κ2) is 10.7. The van der Waals surface area contributed by atoms with Gasteiger partial charge in [0.2, 0.25) is 11.8 Å². The zero-order chi connectivity index (χ0) is 31.1. The van der Waals surface area contributed by atoms with E-state index in [0.717, 1.165) is 21.8 Å². The van der Waals surface area contributed by atoms with Crippen LogP contribution in [0, 0.1) is 39.7 Å². The van der Waals surface area contributed by atoms with E-state index in [9.17, 15) is 24.5 Å². The van der Waals surface area contributed by atoms with Gasteiger partial charge in [-0.3, -0.25) is 29.4 Å². The van der Waals surface area contributed by atoms with Gasteiger partial charge in [-0.25, -0.2) is 0 Å². The second-order valence-electron chi connectivity index (χ2n) is 11.8. The standard InChI is InChI=1S/C32H23Cl2N3O6S2/c33-15-3-1-14(2-4-15)13-43-22-10-9-18(37(41)42)11-19(22)23-24-20-12-21(27(24)44-29-28(23)45-32(40)35-29)26-25(20)30(38)36(31(26)39)17-7-5-16(34)6-8-17/h1-11,20-21,23-27H,12-13H2,(H,35,40)/t20?,21?,23-,24?,25?,26?,27?/m1/s1. The molecule has 6 unspecified atom stereocenters. The Kier molecular flexibility index (Phi) is 6.86. The number of fused-ring (bicyclic) bond motifs is 9. The number of aromatic nitrogens is 1. The van der Waals surface area contributed by atoms with Gasteiger partial charge in [-0.1, -0.05) is 46.7 Å². The van der Waals surface area contributed by atoms with Crippen LogP contribution in [-0.2, 0) is 16.2 Å². The zero-order valence-corrected chi connectivity index (χ0v) is 26.4. The summed E-state index contributed by atoms with van der Waals surface area (Å²) in [5.74, 6) is -1.81. The molecule has 45 heavy (non-hydrogen) atoms. The summed E-state index contributed by atoms with van der Waals surface area (Å²) in [5, 5.41) is 13.7. The van der Waals surface area contributed by atoms with Crippen LogP contribution in [0.2, 0.25) is 10.0 Å². The Morgan fingerprint density at radius 3 is 2.29 bits per heavy atom. The minimum absolute atomic E-state index is 0.0794. The topological polar surface area (TPSA) is 123 Å². The average Bonchev–Trinajstić information content (AvgIpc) is 3.76. The number of carbonyl (C=O) groups is 2. The average molecular weight is 681 g/mol. The number of imide groups is 1. The molecule has 0 spiro atoms. The number of nitrogens with one attached hydrogen (secondary N) is 1. The fraction of sp³-hybridized carbons (Fsp3) is 0.281. The number of hydrogen-bond donors (Lipinski definition) is 1. The molecule has 13 heteroatoms. The van der Waals surface area contributed by atoms with E-state index in [1.54, 1.807) is 54.2 Å². The van der Waals surface area contributed by atoms with Gasteiger partial charge in [-0.2, -0.15) is 0 Å². The number of carbonyl (C=O) groups excluding carboxylic acids is 2. The summed E-state index contributed by atoms with van der Waals surface area (Å²) in [4.78, 5) is 57.0. The lowest BCUT2D eigenvalue weighted by molar-refractivity contribution is -0.385. The molecular weight excluding hydrogens is 657 g/mol. The fourth-order valence-electron chi connectivity index (χ4n) is 7.98. The molecule has 8 rings (SSSR count). The number of thioether (sulfide) groups is 1. The number of ether oxygens (including phenoxy) is 1. The van der Waals surface area contributed by atoms with Gasteiger partial charge in [0, 0.05) is 43.8 Å². The molecule has 3 fully saturated rings. The van der Waals surface area contributed by atoms with Crippen LogP contribution < -0.4 is 14.5 Å². The van der Waals surface area contributed by atoms with Gasteiger partial charge in [0.15, 0.2) is 0 Å². The van der Waals surface area contributed by atoms with Crippen molar-refractivity contribution in [2.75, 3.05) is 4.90 Å². The van der Waals surface area contributed by atoms with E-state index in [1.807, 2.05) is 12.1 Å². The van der Waals surface area contributed by atoms with E-state index in [-0.39, 0.29) is 52.0 Å². The maximum atomic E-state index is 14.0. The van der Waals surface area contributed by atoms with Crippen LogP contribution in [0.15, 0.2) is 76.6 Å². The Morgan fingerprint density at radius 2 is 1.60 bits per heavy atom. The number of amides is 2. The predicted molar refractivity (Wildman–Crippen MR) is 171 cm³/mol. The van der Waals surface area contributed by atoms with E-state index in [0.29, 0.717) is 38.5 Å². The highest BCUT2D eigenvalue weighted by atomic mass is 35.5. The van der Waals surface area contributed by atoms with Crippen LogP contribution in [-0.4, -0.2) is 27.0 Å². The van der Waals surface area contributed by atoms with Gasteiger partial charge in [-0.05, 0) is 72.2 Å². The Bertz CT molecular complexity index is 1950. The Hall–Kier alpha value is -3.64. The lowest BCUT2D eigenvalue weighted by Gasteiger charge is -2.43. The maximum absolute atomic E-state index is 14.0. The number of halogens is 2. The summed E-state index contributed by atoms with van der Waals surface area (Å²) >= 11 is 14.8. The van der Waals surface area contributed by atoms with E-state index in [4.69, 9.17) is 27.9 Å². The molecule has 1 N–H and O–H groups in total. The van der Waals surface area contributed by atoms with E-state index >= 15 is 0 Å². The van der Waals surface area contributed by atoms with Crippen molar-refractivity contribution in [2.24, 2.45) is 29.6 Å². The zero-order valence-electron chi connectivity index (χ0n) is 23.2. The Morgan fingerprint density at radius 1 is 0.933 bits per heavy atom. The number of benzene rings is 3. The number of nitro groups is 1. The predicted octanol–water partition coefficient (Wildman–Crippen LogP) is 6.91. The first-order valence-electron chi connectivity index (χ1n) is 14.4. The smallest absolute Gasteiger partial charge is 0.305 e. The molecule has 9 nitrogen and oxygen atoms in total. The van der Waals surface area contributed by atoms with Crippen LogP contribution in [0.25, 0.3) is 0 Å². The number of hydrogen-bond acceptors (Lipinski definition) is 8.